The first kappa shape index (κ1) is 30.9. The van der Waals surface area contributed by atoms with E-state index in [9.17, 15) is 18.0 Å². The van der Waals surface area contributed by atoms with Gasteiger partial charge in [-0.1, -0.05) is 61.0 Å². The van der Waals surface area contributed by atoms with Gasteiger partial charge in [0.05, 0.1) is 11.9 Å². The Labute approximate surface area is 249 Å². The zero-order chi connectivity index (χ0) is 28.6. The molecule has 3 aromatic rings. The summed E-state index contributed by atoms with van der Waals surface area (Å²) in [5, 5.41) is 3.56. The van der Waals surface area contributed by atoms with Crippen LogP contribution >= 0.6 is 34.2 Å². The van der Waals surface area contributed by atoms with Crippen LogP contribution in [-0.2, 0) is 32.6 Å². The Kier molecular flexibility index (Phi) is 11.2. The predicted octanol–water partition coefficient (Wildman–Crippen LogP) is 5.27. The number of halogens is 2. The summed E-state index contributed by atoms with van der Waals surface area (Å²) in [6.07, 6.45) is 2.06. The number of hydrogen-bond donors (Lipinski definition) is 1. The Morgan fingerprint density at radius 2 is 1.56 bits per heavy atom. The third-order valence-corrected chi connectivity index (χ3v) is 8.44. The van der Waals surface area contributed by atoms with E-state index in [1.165, 1.54) is 4.90 Å². The van der Waals surface area contributed by atoms with Crippen molar-refractivity contribution in [3.63, 3.8) is 0 Å². The average molecular weight is 682 g/mol. The molecule has 0 heterocycles. The van der Waals surface area contributed by atoms with Crippen LogP contribution in [0.4, 0.5) is 5.69 Å². The molecule has 0 spiro atoms. The molecule has 208 valence electrons. The third-order valence-electron chi connectivity index (χ3n) is 6.33. The molecule has 3 rings (SSSR count). The molecule has 3 aromatic carbocycles. The second-order valence-electron chi connectivity index (χ2n) is 9.42. The molecule has 2 amide bonds. The van der Waals surface area contributed by atoms with Gasteiger partial charge in [0.2, 0.25) is 21.8 Å². The van der Waals surface area contributed by atoms with Crippen LogP contribution in [0.2, 0.25) is 5.02 Å². The van der Waals surface area contributed by atoms with Gasteiger partial charge in [-0.2, -0.15) is 0 Å². The number of rotatable bonds is 12. The van der Waals surface area contributed by atoms with E-state index in [-0.39, 0.29) is 24.9 Å². The van der Waals surface area contributed by atoms with Gasteiger partial charge >= 0.3 is 0 Å². The van der Waals surface area contributed by atoms with Crippen molar-refractivity contribution in [3.05, 3.63) is 98.6 Å². The summed E-state index contributed by atoms with van der Waals surface area (Å²) in [7, 11) is -3.80. The second kappa shape index (κ2) is 14.1. The summed E-state index contributed by atoms with van der Waals surface area (Å²) in [6.45, 7) is 3.53. The smallest absolute Gasteiger partial charge is 0.244 e. The summed E-state index contributed by atoms with van der Waals surface area (Å²) in [4.78, 5) is 29.1. The molecule has 0 unspecified atom stereocenters. The molecule has 0 bridgehead atoms. The van der Waals surface area contributed by atoms with Crippen molar-refractivity contribution in [2.75, 3.05) is 17.1 Å². The molecule has 0 aliphatic rings. The summed E-state index contributed by atoms with van der Waals surface area (Å²) in [6, 6.07) is 22.4. The fraction of sp³-hybridized carbons (Fsp3) is 0.310. The lowest BCUT2D eigenvalue weighted by Crippen LogP contribution is -2.54. The number of nitrogens with one attached hydrogen (secondary N) is 1. The Hall–Kier alpha value is -2.63. The molecule has 1 N–H and O–H groups in total. The van der Waals surface area contributed by atoms with E-state index in [0.29, 0.717) is 10.7 Å². The minimum absolute atomic E-state index is 0.0948. The standard InChI is InChI=1S/C29H33ClIN3O4S/c1-4-21(2)32-29(36)27(18-22-8-6-5-7-9-22)33(19-23-10-12-24(30)13-11-23)28(35)20-34(39(3,37)38)26-16-14-25(31)15-17-26/h5-17,21,27H,4,18-20H2,1-3H3,(H,32,36)/t21-,27+/m1/s1. The monoisotopic (exact) mass is 681 g/mol. The molecular formula is C29H33ClIN3O4S. The van der Waals surface area contributed by atoms with Crippen LogP contribution < -0.4 is 9.62 Å². The van der Waals surface area contributed by atoms with E-state index in [0.717, 1.165) is 31.7 Å². The average Bonchev–Trinajstić information content (AvgIpc) is 2.90. The lowest BCUT2D eigenvalue weighted by atomic mass is 10.0. The van der Waals surface area contributed by atoms with Gasteiger partial charge in [0.25, 0.3) is 0 Å². The van der Waals surface area contributed by atoms with Crippen molar-refractivity contribution in [1.82, 2.24) is 10.2 Å². The maximum absolute atomic E-state index is 14.0. The van der Waals surface area contributed by atoms with Gasteiger partial charge in [0.1, 0.15) is 12.6 Å². The van der Waals surface area contributed by atoms with E-state index in [4.69, 9.17) is 11.6 Å². The Morgan fingerprint density at radius 1 is 0.949 bits per heavy atom. The van der Waals surface area contributed by atoms with E-state index in [1.807, 2.05) is 44.2 Å². The van der Waals surface area contributed by atoms with E-state index in [2.05, 4.69) is 27.9 Å². The zero-order valence-corrected chi connectivity index (χ0v) is 25.9. The first-order valence-electron chi connectivity index (χ1n) is 12.6. The largest absolute Gasteiger partial charge is 0.352 e. The summed E-state index contributed by atoms with van der Waals surface area (Å²) in [5.74, 6) is -0.787. The summed E-state index contributed by atoms with van der Waals surface area (Å²) < 4.78 is 27.6. The van der Waals surface area contributed by atoms with Crippen molar-refractivity contribution in [2.24, 2.45) is 0 Å². The molecule has 0 radical (unpaired) electrons. The normalized spacial score (nSPS) is 12.8. The summed E-state index contributed by atoms with van der Waals surface area (Å²) >= 11 is 8.22. The molecule has 0 aromatic heterocycles. The van der Waals surface area contributed by atoms with Crippen LogP contribution in [0.1, 0.15) is 31.4 Å². The Balaban J connectivity index is 2.04. The van der Waals surface area contributed by atoms with Crippen LogP contribution in [0.25, 0.3) is 0 Å². The molecule has 10 heteroatoms. The van der Waals surface area contributed by atoms with Gasteiger partial charge in [-0.05, 0) is 83.5 Å². The first-order chi connectivity index (χ1) is 18.5. The molecule has 0 fully saturated rings. The number of hydrogen-bond acceptors (Lipinski definition) is 4. The van der Waals surface area contributed by atoms with E-state index < -0.39 is 28.5 Å². The first-order valence-corrected chi connectivity index (χ1v) is 15.9. The van der Waals surface area contributed by atoms with Gasteiger partial charge in [-0.3, -0.25) is 13.9 Å². The van der Waals surface area contributed by atoms with Crippen molar-refractivity contribution >= 4 is 61.7 Å². The molecule has 0 saturated carbocycles. The predicted molar refractivity (Wildman–Crippen MR) is 165 cm³/mol. The number of nitrogens with zero attached hydrogens (tertiary/aromatic N) is 2. The molecule has 7 nitrogen and oxygen atoms in total. The Morgan fingerprint density at radius 3 is 2.13 bits per heavy atom. The molecule has 0 saturated heterocycles. The van der Waals surface area contributed by atoms with Crippen molar-refractivity contribution < 1.29 is 18.0 Å². The quantitative estimate of drug-likeness (QED) is 0.264. The highest BCUT2D eigenvalue weighted by Gasteiger charge is 2.33. The van der Waals surface area contributed by atoms with Crippen LogP contribution in [0.5, 0.6) is 0 Å². The lowest BCUT2D eigenvalue weighted by Gasteiger charge is -2.34. The lowest BCUT2D eigenvalue weighted by molar-refractivity contribution is -0.140. The highest BCUT2D eigenvalue weighted by Crippen LogP contribution is 2.22. The van der Waals surface area contributed by atoms with E-state index >= 15 is 0 Å². The number of sulfonamides is 1. The molecule has 0 aliphatic heterocycles. The number of amides is 2. The number of carbonyl (C=O) groups is 2. The van der Waals surface area contributed by atoms with Crippen LogP contribution in [0, 0.1) is 3.57 Å². The van der Waals surface area contributed by atoms with Crippen molar-refractivity contribution in [3.8, 4) is 0 Å². The van der Waals surface area contributed by atoms with Crippen molar-refractivity contribution in [2.45, 2.75) is 45.3 Å². The van der Waals surface area contributed by atoms with Gasteiger partial charge < -0.3 is 10.2 Å². The number of carbonyl (C=O) groups excluding carboxylic acids is 2. The van der Waals surface area contributed by atoms with Gasteiger partial charge in [0.15, 0.2) is 0 Å². The van der Waals surface area contributed by atoms with Gasteiger partial charge in [-0.25, -0.2) is 8.42 Å². The highest BCUT2D eigenvalue weighted by atomic mass is 127. The number of anilines is 1. The van der Waals surface area contributed by atoms with E-state index in [1.54, 1.807) is 48.5 Å². The molecular weight excluding hydrogens is 649 g/mol. The maximum Gasteiger partial charge on any atom is 0.244 e. The zero-order valence-electron chi connectivity index (χ0n) is 22.2. The Bertz CT molecular complexity index is 1350. The van der Waals surface area contributed by atoms with Crippen LogP contribution in [0.3, 0.4) is 0 Å². The minimum Gasteiger partial charge on any atom is -0.352 e. The molecule has 0 aliphatic carbocycles. The van der Waals surface area contributed by atoms with Gasteiger partial charge in [-0.15, -0.1) is 0 Å². The summed E-state index contributed by atoms with van der Waals surface area (Å²) in [5.41, 5.74) is 2.03. The minimum atomic E-state index is -3.80. The van der Waals surface area contributed by atoms with Gasteiger partial charge in [0, 0.05) is 27.6 Å². The SMILES string of the molecule is CC[C@@H](C)NC(=O)[C@H](Cc1ccccc1)N(Cc1ccc(Cl)cc1)C(=O)CN(c1ccc(I)cc1)S(C)(=O)=O. The fourth-order valence-corrected chi connectivity index (χ4v) is 5.34. The fourth-order valence-electron chi connectivity index (χ4n) is 4.00. The molecule has 2 atom stereocenters. The van der Waals surface area contributed by atoms with Crippen molar-refractivity contribution in [1.29, 1.82) is 0 Å². The van der Waals surface area contributed by atoms with Crippen LogP contribution in [-0.4, -0.2) is 50.0 Å². The third kappa shape index (κ3) is 9.22. The number of benzene rings is 3. The highest BCUT2D eigenvalue weighted by molar-refractivity contribution is 14.1. The van der Waals surface area contributed by atoms with Crippen LogP contribution in [0.15, 0.2) is 78.9 Å². The maximum atomic E-state index is 14.0. The molecule has 39 heavy (non-hydrogen) atoms. The second-order valence-corrected chi connectivity index (χ2v) is 13.0. The topological polar surface area (TPSA) is 86.8 Å².